The highest BCUT2D eigenvalue weighted by Gasteiger charge is 2.40. The van der Waals surface area contributed by atoms with E-state index in [0.29, 0.717) is 74.2 Å². The fourth-order valence-corrected chi connectivity index (χ4v) is 12.1. The lowest BCUT2D eigenvalue weighted by molar-refractivity contribution is -0.138. The maximum Gasteiger partial charge on any atom is 0.417 e. The number of hydrogen-bond acceptors (Lipinski definition) is 17. The van der Waals surface area contributed by atoms with Crippen molar-refractivity contribution in [2.24, 2.45) is 0 Å². The monoisotopic (exact) mass is 1380 g/mol. The SMILES string of the molecule is C[C@H]1[C@H](Nc2ccc(C(F)(F)F)cn2)CCCN1C(=O)c1cccc(F)c1-c1ncccn1.Cc1ccc(C(=O)N2CCCC(N(C)c3ccc(C(F)(F)F)cn3)[C@@H]2C)c(-n2nccn2)n1.Cc1noc(-c2cc(F)ccc2C(=O)N2CCC[C@@H](Nc3ccc(C(F)(F)F)cn3)[C@@H]2C)n1. The second-order valence-electron chi connectivity index (χ2n) is 23.8. The Kier molecular flexibility index (Phi) is 21.6. The maximum atomic E-state index is 14.7. The average molecular weight is 1380 g/mol. The number of pyridine rings is 4. The second kappa shape index (κ2) is 30.1. The van der Waals surface area contributed by atoms with Crippen LogP contribution in [0.3, 0.4) is 0 Å². The van der Waals surface area contributed by atoms with E-state index in [-0.39, 0.29) is 93.8 Å². The molecule has 0 radical (unpaired) electrons. The van der Waals surface area contributed by atoms with E-state index in [2.05, 4.69) is 60.9 Å². The molecule has 32 heteroatoms. The highest BCUT2D eigenvalue weighted by Crippen LogP contribution is 2.36. The van der Waals surface area contributed by atoms with Crippen LogP contribution in [0.5, 0.6) is 0 Å². The maximum absolute atomic E-state index is 14.7. The van der Waals surface area contributed by atoms with Crippen LogP contribution in [-0.4, -0.2) is 150 Å². The molecule has 21 nitrogen and oxygen atoms in total. The van der Waals surface area contributed by atoms with Crippen LogP contribution in [0.4, 0.5) is 65.7 Å². The zero-order chi connectivity index (χ0) is 71.1. The van der Waals surface area contributed by atoms with E-state index >= 15 is 0 Å². The highest BCUT2D eigenvalue weighted by atomic mass is 19.4. The minimum atomic E-state index is -4.46. The van der Waals surface area contributed by atoms with Gasteiger partial charge in [0.05, 0.1) is 62.9 Å². The van der Waals surface area contributed by atoms with Crippen LogP contribution < -0.4 is 15.5 Å². The zero-order valence-electron chi connectivity index (χ0n) is 54.0. The van der Waals surface area contributed by atoms with Gasteiger partial charge >= 0.3 is 18.5 Å². The Morgan fingerprint density at radius 1 is 0.556 bits per heavy atom. The van der Waals surface area contributed by atoms with Gasteiger partial charge in [0.1, 0.15) is 29.1 Å². The first-order valence-corrected chi connectivity index (χ1v) is 31.3. The number of hydrogen-bond donors (Lipinski definition) is 2. The number of carbonyl (C=O) groups excluding carboxylic acids is 3. The van der Waals surface area contributed by atoms with Gasteiger partial charge in [0.15, 0.2) is 17.5 Å². The summed E-state index contributed by atoms with van der Waals surface area (Å²) in [6, 6.07) is 18.5. The summed E-state index contributed by atoms with van der Waals surface area (Å²) >= 11 is 0. The first-order valence-electron chi connectivity index (χ1n) is 31.3. The Bertz CT molecular complexity index is 4240. The van der Waals surface area contributed by atoms with Gasteiger partial charge < -0.3 is 34.8 Å². The lowest BCUT2D eigenvalue weighted by atomic mass is 9.95. The Morgan fingerprint density at radius 2 is 1.07 bits per heavy atom. The lowest BCUT2D eigenvalue weighted by Crippen LogP contribution is -2.55. The van der Waals surface area contributed by atoms with Crippen LogP contribution in [0.2, 0.25) is 0 Å². The molecule has 1 unspecified atom stereocenters. The molecule has 3 aliphatic heterocycles. The number of nitrogens with zero attached hydrogens (tertiary/aromatic N) is 15. The summed E-state index contributed by atoms with van der Waals surface area (Å²) in [7, 11) is 1.79. The van der Waals surface area contributed by atoms with Gasteiger partial charge in [0.2, 0.25) is 0 Å². The highest BCUT2D eigenvalue weighted by molar-refractivity contribution is 6.01. The van der Waals surface area contributed by atoms with Crippen LogP contribution >= 0.6 is 0 Å². The molecule has 3 amide bonds. The van der Waals surface area contributed by atoms with Crippen molar-refractivity contribution in [3.8, 4) is 28.7 Å². The van der Waals surface area contributed by atoms with Gasteiger partial charge in [-0.1, -0.05) is 11.2 Å². The number of likely N-dealkylation sites (tertiary alicyclic amines) is 3. The van der Waals surface area contributed by atoms with Gasteiger partial charge in [0, 0.05) is 93.6 Å². The molecular weight excluding hydrogens is 1320 g/mol. The molecule has 7 aromatic heterocycles. The molecule has 0 aliphatic carbocycles. The van der Waals surface area contributed by atoms with E-state index in [0.717, 1.165) is 55.3 Å². The number of carbonyl (C=O) groups is 3. The van der Waals surface area contributed by atoms with Gasteiger partial charge in [-0.3, -0.25) is 14.4 Å². The smallest absolute Gasteiger partial charge is 0.365 e. The van der Waals surface area contributed by atoms with Crippen molar-refractivity contribution < 1.29 is 67.2 Å². The molecule has 6 atom stereocenters. The number of benzene rings is 2. The van der Waals surface area contributed by atoms with Gasteiger partial charge in [-0.15, -0.1) is 4.80 Å². The Morgan fingerprint density at radius 3 is 1.59 bits per heavy atom. The average Bonchev–Trinajstić information content (AvgIpc) is 1.60. The number of aryl methyl sites for hydroxylation is 2. The van der Waals surface area contributed by atoms with E-state index in [1.165, 1.54) is 84.2 Å². The van der Waals surface area contributed by atoms with Gasteiger partial charge in [-0.2, -0.15) is 54.7 Å². The number of aromatic nitrogens is 11. The molecule has 0 spiro atoms. The first kappa shape index (κ1) is 71.2. The predicted molar refractivity (Wildman–Crippen MR) is 340 cm³/mol. The molecule has 10 heterocycles. The molecule has 3 aliphatic rings. The quantitative estimate of drug-likeness (QED) is 0.108. The topological polar surface area (TPSA) is 235 Å². The van der Waals surface area contributed by atoms with Crippen LogP contribution in [0.25, 0.3) is 28.7 Å². The van der Waals surface area contributed by atoms with Crippen molar-refractivity contribution in [1.29, 1.82) is 0 Å². The summed E-state index contributed by atoms with van der Waals surface area (Å²) in [5.74, 6) is -0.154. The van der Waals surface area contributed by atoms with Crippen LogP contribution in [0, 0.1) is 25.5 Å². The summed E-state index contributed by atoms with van der Waals surface area (Å²) in [5.41, 5.74) is -0.718. The minimum absolute atomic E-state index is 0.0368. The van der Waals surface area contributed by atoms with E-state index < -0.39 is 46.9 Å². The van der Waals surface area contributed by atoms with E-state index in [1.54, 1.807) is 46.9 Å². The van der Waals surface area contributed by atoms with Crippen molar-refractivity contribution in [2.75, 3.05) is 42.2 Å². The van der Waals surface area contributed by atoms with Crippen molar-refractivity contribution in [3.05, 3.63) is 191 Å². The molecule has 0 saturated carbocycles. The Labute approximate surface area is 559 Å². The standard InChI is InChI=1S/C23H21F4N5O.C22H21F4N5O2.C22H24F3N7O/c1-14-18(31-19-9-8-15(13-30-19)23(25,26)27)7-3-12-32(14)22(33)16-5-2-6-17(24)20(16)21-28-10-4-11-29-21;1-12-18(29-19-8-5-14(11-27-19)22(24,25)26)4-3-9-31(12)21(32)16-7-6-15(23)10-17(16)20-28-13(2)30-33-20;1-14-6-8-17(20(29-14)32-27-10-11-28-32)21(33)31-12-4-5-18(15(31)2)30(3)19-9-7-16(13-26-19)22(23,24)25/h2,4-6,8-11,13-14,18H,3,7,12H2,1H3,(H,30,31);5-8,10-12,18H,3-4,9H2,1-2H3,(H,27,29);6-11,13,15,18H,4-5,12H2,1-3H3/t14-,18+;12-,18+;15-,18?/m000/s1. The third-order valence-corrected chi connectivity index (χ3v) is 17.3. The summed E-state index contributed by atoms with van der Waals surface area (Å²) in [6.07, 6.45) is -0.713. The van der Waals surface area contributed by atoms with Crippen LogP contribution in [-0.2, 0) is 18.5 Å². The molecule has 99 heavy (non-hydrogen) atoms. The fourth-order valence-electron chi connectivity index (χ4n) is 12.1. The molecular formula is C67H66F11N17O4. The summed E-state index contributed by atoms with van der Waals surface area (Å²) in [4.78, 5) is 77.1. The number of rotatable bonds is 12. The molecule has 3 fully saturated rings. The van der Waals surface area contributed by atoms with E-state index in [1.807, 2.05) is 32.6 Å². The molecule has 2 N–H and O–H groups in total. The summed E-state index contributed by atoms with van der Waals surface area (Å²) in [5, 5.41) is 18.2. The molecule has 0 bridgehead atoms. The number of nitrogens with one attached hydrogen (secondary N) is 2. The number of amides is 3. The van der Waals surface area contributed by atoms with Crippen molar-refractivity contribution in [2.45, 2.75) is 128 Å². The predicted octanol–water partition coefficient (Wildman–Crippen LogP) is 13.0. The minimum Gasteiger partial charge on any atom is -0.365 e. The molecule has 3 saturated heterocycles. The molecule has 2 aromatic carbocycles. The van der Waals surface area contributed by atoms with Gasteiger partial charge in [-0.05, 0) is 158 Å². The van der Waals surface area contributed by atoms with Crippen LogP contribution in [0.15, 0.2) is 139 Å². The van der Waals surface area contributed by atoms with Crippen molar-refractivity contribution >= 4 is 35.2 Å². The molecule has 12 rings (SSSR count). The number of likely N-dealkylation sites (N-methyl/N-ethyl adjacent to an activating group) is 1. The van der Waals surface area contributed by atoms with Gasteiger partial charge in [0.25, 0.3) is 23.6 Å². The van der Waals surface area contributed by atoms with E-state index in [9.17, 15) is 62.7 Å². The lowest BCUT2D eigenvalue weighted by Gasteiger charge is -2.44. The Hall–Kier alpha value is -10.6. The number of piperidine rings is 3. The van der Waals surface area contributed by atoms with Crippen molar-refractivity contribution in [3.63, 3.8) is 0 Å². The fraction of sp³-hybridized carbons (Fsp3) is 0.358. The number of alkyl halides is 9. The summed E-state index contributed by atoms with van der Waals surface area (Å²) in [6.45, 7) is 10.6. The normalized spacial score (nSPS) is 18.9. The first-order chi connectivity index (χ1) is 47.0. The van der Waals surface area contributed by atoms with Crippen molar-refractivity contribution in [1.82, 2.24) is 69.7 Å². The molecule has 520 valence electrons. The number of anilines is 3. The summed E-state index contributed by atoms with van der Waals surface area (Å²) < 4.78 is 149. The Balaban J connectivity index is 0.000000161. The van der Waals surface area contributed by atoms with Gasteiger partial charge in [-0.25, -0.2) is 38.7 Å². The zero-order valence-corrected chi connectivity index (χ0v) is 54.0. The van der Waals surface area contributed by atoms with E-state index in [4.69, 9.17) is 4.52 Å². The second-order valence-corrected chi connectivity index (χ2v) is 23.8. The molecule has 9 aromatic rings. The number of halogens is 11. The third-order valence-electron chi connectivity index (χ3n) is 17.3. The third kappa shape index (κ3) is 16.7. The largest absolute Gasteiger partial charge is 0.417 e. The van der Waals surface area contributed by atoms with Crippen LogP contribution in [0.1, 0.15) is 119 Å².